The van der Waals surface area contributed by atoms with E-state index in [1.54, 1.807) is 24.1 Å². The molecule has 25 heavy (non-hydrogen) atoms. The van der Waals surface area contributed by atoms with E-state index in [-0.39, 0.29) is 17.4 Å². The minimum absolute atomic E-state index is 0.00463. The second-order valence-electron chi connectivity index (χ2n) is 6.74. The number of carbonyl (C=O) groups excluding carboxylic acids is 2. The third-order valence-corrected chi connectivity index (χ3v) is 5.05. The Bertz CT molecular complexity index is 1060. The van der Waals surface area contributed by atoms with E-state index in [9.17, 15) is 14.7 Å². The van der Waals surface area contributed by atoms with Gasteiger partial charge in [0.25, 0.3) is 5.91 Å². The second kappa shape index (κ2) is 5.34. The quantitative estimate of drug-likeness (QED) is 0.742. The van der Waals surface area contributed by atoms with Crippen molar-refractivity contribution in [1.29, 1.82) is 0 Å². The van der Waals surface area contributed by atoms with Gasteiger partial charge in [-0.3, -0.25) is 9.59 Å². The molecule has 1 N–H and O–H groups in total. The molecule has 0 saturated carbocycles. The summed E-state index contributed by atoms with van der Waals surface area (Å²) in [7, 11) is 1.80. The SMILES string of the molecule is CCCn1c2cc(O)c(C(C)=O)cc2c2c3c(ccc21)C(=O)N(C)C3. The Morgan fingerprint density at radius 3 is 2.68 bits per heavy atom. The average molecular weight is 336 g/mol. The number of carbonyl (C=O) groups is 2. The molecule has 1 aliphatic rings. The summed E-state index contributed by atoms with van der Waals surface area (Å²) < 4.78 is 2.16. The van der Waals surface area contributed by atoms with Gasteiger partial charge in [0.2, 0.25) is 0 Å². The molecule has 0 fully saturated rings. The fourth-order valence-electron chi connectivity index (χ4n) is 3.92. The Labute approximate surface area is 145 Å². The highest BCUT2D eigenvalue weighted by molar-refractivity contribution is 6.16. The highest BCUT2D eigenvalue weighted by Crippen LogP contribution is 2.39. The van der Waals surface area contributed by atoms with E-state index in [0.29, 0.717) is 12.1 Å². The summed E-state index contributed by atoms with van der Waals surface area (Å²) in [6.45, 7) is 4.93. The number of hydrogen-bond donors (Lipinski definition) is 1. The number of aromatic nitrogens is 1. The highest BCUT2D eigenvalue weighted by atomic mass is 16.3. The second-order valence-corrected chi connectivity index (χ2v) is 6.74. The van der Waals surface area contributed by atoms with Crippen LogP contribution in [-0.2, 0) is 13.1 Å². The number of fused-ring (bicyclic) bond motifs is 5. The van der Waals surface area contributed by atoms with Gasteiger partial charge >= 0.3 is 0 Å². The van der Waals surface area contributed by atoms with Crippen LogP contribution < -0.4 is 0 Å². The lowest BCUT2D eigenvalue weighted by molar-refractivity contribution is 0.0816. The molecule has 128 valence electrons. The molecule has 0 saturated heterocycles. The van der Waals surface area contributed by atoms with Crippen LogP contribution >= 0.6 is 0 Å². The van der Waals surface area contributed by atoms with Crippen LogP contribution in [-0.4, -0.2) is 33.3 Å². The predicted octanol–water partition coefficient (Wildman–Crippen LogP) is 3.70. The first-order valence-electron chi connectivity index (χ1n) is 8.51. The van der Waals surface area contributed by atoms with Gasteiger partial charge in [-0.25, -0.2) is 0 Å². The molecule has 5 nitrogen and oxygen atoms in total. The van der Waals surface area contributed by atoms with Crippen LogP contribution in [0.15, 0.2) is 24.3 Å². The summed E-state index contributed by atoms with van der Waals surface area (Å²) in [4.78, 5) is 26.0. The summed E-state index contributed by atoms with van der Waals surface area (Å²) in [5.74, 6) is -0.138. The first-order valence-corrected chi connectivity index (χ1v) is 8.51. The number of amides is 1. The van der Waals surface area contributed by atoms with E-state index in [2.05, 4.69) is 11.5 Å². The molecule has 0 radical (unpaired) electrons. The number of aromatic hydroxyl groups is 1. The van der Waals surface area contributed by atoms with E-state index in [4.69, 9.17) is 0 Å². The van der Waals surface area contributed by atoms with Crippen molar-refractivity contribution in [3.05, 3.63) is 41.0 Å². The number of phenols is 1. The lowest BCUT2D eigenvalue weighted by atomic mass is 10.0. The van der Waals surface area contributed by atoms with E-state index in [1.807, 2.05) is 12.1 Å². The highest BCUT2D eigenvalue weighted by Gasteiger charge is 2.28. The van der Waals surface area contributed by atoms with E-state index < -0.39 is 0 Å². The molecule has 3 aromatic rings. The molecule has 0 unspecified atom stereocenters. The molecule has 1 aliphatic heterocycles. The Morgan fingerprint density at radius 2 is 2.00 bits per heavy atom. The fraction of sp³-hybridized carbons (Fsp3) is 0.300. The van der Waals surface area contributed by atoms with E-state index in [0.717, 1.165) is 45.9 Å². The first-order chi connectivity index (χ1) is 11.9. The van der Waals surface area contributed by atoms with Crippen molar-refractivity contribution >= 4 is 33.5 Å². The van der Waals surface area contributed by atoms with Gasteiger partial charge in [0.05, 0.1) is 11.1 Å². The summed E-state index contributed by atoms with van der Waals surface area (Å²) in [5, 5.41) is 12.2. The molecule has 0 aliphatic carbocycles. The van der Waals surface area contributed by atoms with Gasteiger partial charge in [0, 0.05) is 48.1 Å². The number of nitrogens with zero attached hydrogens (tertiary/aromatic N) is 2. The Balaban J connectivity index is 2.18. The van der Waals surface area contributed by atoms with Gasteiger partial charge in [-0.2, -0.15) is 0 Å². The van der Waals surface area contributed by atoms with Crippen molar-refractivity contribution in [2.24, 2.45) is 0 Å². The summed E-state index contributed by atoms with van der Waals surface area (Å²) in [6.07, 6.45) is 0.948. The zero-order valence-corrected chi connectivity index (χ0v) is 14.6. The Kier molecular flexibility index (Phi) is 3.35. The minimum Gasteiger partial charge on any atom is -0.507 e. The molecule has 2 aromatic carbocycles. The minimum atomic E-state index is -0.170. The van der Waals surface area contributed by atoms with Crippen molar-refractivity contribution in [3.63, 3.8) is 0 Å². The zero-order valence-electron chi connectivity index (χ0n) is 14.6. The predicted molar refractivity (Wildman–Crippen MR) is 97.2 cm³/mol. The van der Waals surface area contributed by atoms with E-state index in [1.165, 1.54) is 6.92 Å². The molecule has 1 amide bonds. The smallest absolute Gasteiger partial charge is 0.254 e. The lowest BCUT2D eigenvalue weighted by Crippen LogP contribution is -2.17. The lowest BCUT2D eigenvalue weighted by Gasteiger charge is -2.07. The zero-order chi connectivity index (χ0) is 17.9. The molecule has 2 heterocycles. The van der Waals surface area contributed by atoms with Gasteiger partial charge < -0.3 is 14.6 Å². The number of benzene rings is 2. The molecule has 0 spiro atoms. The maximum absolute atomic E-state index is 12.4. The van der Waals surface area contributed by atoms with E-state index >= 15 is 0 Å². The average Bonchev–Trinajstić information content (AvgIpc) is 3.02. The first kappa shape index (κ1) is 15.7. The van der Waals surface area contributed by atoms with Crippen molar-refractivity contribution in [1.82, 2.24) is 9.47 Å². The molecule has 1 aromatic heterocycles. The Hall–Kier alpha value is -2.82. The largest absolute Gasteiger partial charge is 0.507 e. The Morgan fingerprint density at radius 1 is 1.24 bits per heavy atom. The molecule has 5 heteroatoms. The number of hydrogen-bond acceptors (Lipinski definition) is 3. The fourth-order valence-corrected chi connectivity index (χ4v) is 3.92. The standard InChI is InChI=1S/C20H20N2O3/c1-4-7-22-16-6-5-12-15(10-21(3)20(12)25)19(16)14-8-13(11(2)23)18(24)9-17(14)22/h5-6,8-9,24H,4,7,10H2,1-3H3. The number of Topliss-reactive ketones (excluding diaryl/α,β-unsaturated/α-hetero) is 1. The molecule has 4 rings (SSSR count). The van der Waals surface area contributed by atoms with Crippen molar-refractivity contribution in [3.8, 4) is 5.75 Å². The van der Waals surface area contributed by atoms with Crippen molar-refractivity contribution in [2.45, 2.75) is 33.4 Å². The molecule has 0 bridgehead atoms. The molecular weight excluding hydrogens is 316 g/mol. The third kappa shape index (κ3) is 2.08. The summed E-state index contributed by atoms with van der Waals surface area (Å²) >= 11 is 0. The maximum Gasteiger partial charge on any atom is 0.254 e. The molecular formula is C20H20N2O3. The van der Waals surface area contributed by atoms with Crippen LogP contribution in [0.3, 0.4) is 0 Å². The van der Waals surface area contributed by atoms with Gasteiger partial charge in [0.15, 0.2) is 5.78 Å². The number of ketones is 1. The van der Waals surface area contributed by atoms with Crippen LogP contribution in [0.5, 0.6) is 5.75 Å². The van der Waals surface area contributed by atoms with Gasteiger partial charge in [-0.15, -0.1) is 0 Å². The number of phenolic OH excluding ortho intramolecular Hbond substituents is 1. The topological polar surface area (TPSA) is 62.5 Å². The molecule has 0 atom stereocenters. The monoisotopic (exact) mass is 336 g/mol. The van der Waals surface area contributed by atoms with Crippen LogP contribution in [0.4, 0.5) is 0 Å². The third-order valence-electron chi connectivity index (χ3n) is 5.05. The number of aryl methyl sites for hydroxylation is 1. The van der Waals surface area contributed by atoms with Crippen molar-refractivity contribution in [2.75, 3.05) is 7.05 Å². The number of rotatable bonds is 3. The summed E-state index contributed by atoms with van der Waals surface area (Å²) in [6, 6.07) is 7.31. The van der Waals surface area contributed by atoms with Crippen LogP contribution in [0, 0.1) is 0 Å². The normalized spacial score (nSPS) is 13.9. The van der Waals surface area contributed by atoms with Crippen molar-refractivity contribution < 1.29 is 14.7 Å². The van der Waals surface area contributed by atoms with Crippen LogP contribution in [0.25, 0.3) is 21.8 Å². The van der Waals surface area contributed by atoms with Crippen LogP contribution in [0.2, 0.25) is 0 Å². The van der Waals surface area contributed by atoms with Gasteiger partial charge in [-0.05, 0) is 37.1 Å². The van der Waals surface area contributed by atoms with Crippen LogP contribution in [0.1, 0.15) is 46.5 Å². The maximum atomic E-state index is 12.4. The van der Waals surface area contributed by atoms with Gasteiger partial charge in [0.1, 0.15) is 5.75 Å². The summed E-state index contributed by atoms with van der Waals surface area (Å²) in [5.41, 5.74) is 3.99. The van der Waals surface area contributed by atoms with Gasteiger partial charge in [-0.1, -0.05) is 6.92 Å².